The van der Waals surface area contributed by atoms with Gasteiger partial charge in [0.15, 0.2) is 17.3 Å². The highest BCUT2D eigenvalue weighted by molar-refractivity contribution is 7.15. The summed E-state index contributed by atoms with van der Waals surface area (Å²) in [6.07, 6.45) is 3.86. The van der Waals surface area contributed by atoms with E-state index >= 15 is 0 Å². The van der Waals surface area contributed by atoms with E-state index in [1.54, 1.807) is 19.2 Å². The molecule has 2 heterocycles. The van der Waals surface area contributed by atoms with Crippen LogP contribution < -0.4 is 19.6 Å². The number of halogens is 1. The van der Waals surface area contributed by atoms with Gasteiger partial charge >= 0.3 is 0 Å². The van der Waals surface area contributed by atoms with Crippen LogP contribution in [0.1, 0.15) is 25.3 Å². The molecule has 0 saturated heterocycles. The van der Waals surface area contributed by atoms with E-state index in [2.05, 4.69) is 17.0 Å². The number of hydrogen-bond acceptors (Lipinski definition) is 6. The zero-order chi connectivity index (χ0) is 21.1. The third kappa shape index (κ3) is 4.17. The summed E-state index contributed by atoms with van der Waals surface area (Å²) < 4.78 is 13.1. The standard InChI is InChI=1S/C22H20ClN3O3S/c1-3-4-11-29-17-10-5-14(12-18(17)28-2)13-19-21(27)26-22(30-19)24-20(25-26)15-6-8-16(23)9-7-15/h5-10,12-13H,3-4,11H2,1-2H3/b19-13-. The van der Waals surface area contributed by atoms with Gasteiger partial charge in [-0.15, -0.1) is 5.10 Å². The van der Waals surface area contributed by atoms with E-state index in [1.807, 2.05) is 36.4 Å². The number of nitrogens with zero attached hydrogens (tertiary/aromatic N) is 3. The Kier molecular flexibility index (Phi) is 6.01. The van der Waals surface area contributed by atoms with Crippen LogP contribution >= 0.6 is 22.9 Å². The van der Waals surface area contributed by atoms with Gasteiger partial charge in [0, 0.05) is 10.6 Å². The summed E-state index contributed by atoms with van der Waals surface area (Å²) in [7, 11) is 1.60. The minimum Gasteiger partial charge on any atom is -0.493 e. The van der Waals surface area contributed by atoms with Crippen molar-refractivity contribution in [3.63, 3.8) is 0 Å². The van der Waals surface area contributed by atoms with Crippen LogP contribution in [0.2, 0.25) is 5.02 Å². The lowest BCUT2D eigenvalue weighted by atomic mass is 10.2. The first-order chi connectivity index (χ1) is 14.6. The number of ether oxygens (including phenoxy) is 2. The predicted octanol–water partition coefficient (Wildman–Crippen LogP) is 4.21. The number of unbranched alkanes of at least 4 members (excludes halogenated alkanes) is 1. The van der Waals surface area contributed by atoms with Crippen LogP contribution in [0.15, 0.2) is 47.3 Å². The van der Waals surface area contributed by atoms with Gasteiger partial charge in [0.2, 0.25) is 4.96 Å². The number of thiazole rings is 1. The maximum atomic E-state index is 12.8. The van der Waals surface area contributed by atoms with Crippen LogP contribution in [0.3, 0.4) is 0 Å². The first-order valence-electron chi connectivity index (χ1n) is 9.57. The van der Waals surface area contributed by atoms with Crippen molar-refractivity contribution in [1.29, 1.82) is 0 Å². The molecule has 0 amide bonds. The minimum atomic E-state index is -0.204. The molecule has 0 saturated carbocycles. The molecule has 0 radical (unpaired) electrons. The average Bonchev–Trinajstić information content (AvgIpc) is 3.29. The first kappa shape index (κ1) is 20.4. The van der Waals surface area contributed by atoms with E-state index in [-0.39, 0.29) is 5.56 Å². The summed E-state index contributed by atoms with van der Waals surface area (Å²) in [6, 6.07) is 12.8. The Bertz CT molecular complexity index is 1280. The summed E-state index contributed by atoms with van der Waals surface area (Å²) in [4.78, 5) is 17.8. The average molecular weight is 442 g/mol. The molecule has 4 aromatic rings. The fraction of sp³-hybridized carbons (Fsp3) is 0.227. The van der Waals surface area contributed by atoms with Crippen molar-refractivity contribution < 1.29 is 9.47 Å². The van der Waals surface area contributed by atoms with Crippen LogP contribution in [-0.2, 0) is 0 Å². The molecule has 0 aliphatic heterocycles. The molecule has 6 nitrogen and oxygen atoms in total. The molecule has 154 valence electrons. The second kappa shape index (κ2) is 8.85. The summed E-state index contributed by atoms with van der Waals surface area (Å²) in [5.74, 6) is 1.83. The van der Waals surface area contributed by atoms with Gasteiger partial charge < -0.3 is 9.47 Å². The Balaban J connectivity index is 1.66. The Labute approximate surface area is 182 Å². The van der Waals surface area contributed by atoms with E-state index in [9.17, 15) is 4.79 Å². The maximum Gasteiger partial charge on any atom is 0.291 e. The zero-order valence-corrected chi connectivity index (χ0v) is 18.2. The number of hydrogen-bond donors (Lipinski definition) is 0. The van der Waals surface area contributed by atoms with E-state index in [1.165, 1.54) is 15.9 Å². The van der Waals surface area contributed by atoms with E-state index in [0.29, 0.717) is 38.4 Å². The lowest BCUT2D eigenvalue weighted by Crippen LogP contribution is -2.23. The third-order valence-corrected chi connectivity index (χ3v) is 5.74. The van der Waals surface area contributed by atoms with Crippen molar-refractivity contribution in [2.75, 3.05) is 13.7 Å². The molecule has 0 N–H and O–H groups in total. The summed E-state index contributed by atoms with van der Waals surface area (Å²) in [5, 5.41) is 5.00. The summed E-state index contributed by atoms with van der Waals surface area (Å²) >= 11 is 7.22. The number of aromatic nitrogens is 3. The molecule has 0 fully saturated rings. The highest BCUT2D eigenvalue weighted by Crippen LogP contribution is 2.28. The SMILES string of the molecule is CCCCOc1ccc(/C=c2\sc3nc(-c4ccc(Cl)cc4)nn3c2=O)cc1OC. The number of benzene rings is 2. The minimum absolute atomic E-state index is 0.204. The molecule has 8 heteroatoms. The monoisotopic (exact) mass is 441 g/mol. The summed E-state index contributed by atoms with van der Waals surface area (Å²) in [6.45, 7) is 2.76. The normalized spacial score (nSPS) is 11.9. The van der Waals surface area contributed by atoms with Crippen LogP contribution in [-0.4, -0.2) is 28.3 Å². The molecule has 0 atom stereocenters. The fourth-order valence-electron chi connectivity index (χ4n) is 2.93. The molecule has 0 aliphatic rings. The van der Waals surface area contributed by atoms with Crippen LogP contribution in [0, 0.1) is 0 Å². The van der Waals surface area contributed by atoms with E-state index in [4.69, 9.17) is 21.1 Å². The Morgan fingerprint density at radius 2 is 1.97 bits per heavy atom. The van der Waals surface area contributed by atoms with Crippen molar-refractivity contribution in [3.8, 4) is 22.9 Å². The summed E-state index contributed by atoms with van der Waals surface area (Å²) in [5.41, 5.74) is 1.45. The van der Waals surface area contributed by atoms with Crippen LogP contribution in [0.4, 0.5) is 0 Å². The van der Waals surface area contributed by atoms with Crippen molar-refractivity contribution in [2.45, 2.75) is 19.8 Å². The molecule has 0 aliphatic carbocycles. The van der Waals surface area contributed by atoms with Gasteiger partial charge in [0.1, 0.15) is 0 Å². The lowest BCUT2D eigenvalue weighted by Gasteiger charge is -2.10. The molecule has 0 unspecified atom stereocenters. The fourth-order valence-corrected chi connectivity index (χ4v) is 3.96. The Morgan fingerprint density at radius 3 is 2.67 bits per heavy atom. The quantitative estimate of drug-likeness (QED) is 0.402. The lowest BCUT2D eigenvalue weighted by molar-refractivity contribution is 0.288. The smallest absolute Gasteiger partial charge is 0.291 e. The number of methoxy groups -OCH3 is 1. The highest BCUT2D eigenvalue weighted by Gasteiger charge is 2.12. The predicted molar refractivity (Wildman–Crippen MR) is 120 cm³/mol. The Morgan fingerprint density at radius 1 is 1.17 bits per heavy atom. The zero-order valence-electron chi connectivity index (χ0n) is 16.6. The highest BCUT2D eigenvalue weighted by atomic mass is 35.5. The van der Waals surface area contributed by atoms with Crippen LogP contribution in [0.25, 0.3) is 22.4 Å². The van der Waals surface area contributed by atoms with Gasteiger partial charge in [-0.25, -0.2) is 0 Å². The van der Waals surface area contributed by atoms with E-state index < -0.39 is 0 Å². The van der Waals surface area contributed by atoms with Gasteiger partial charge in [-0.2, -0.15) is 9.50 Å². The molecule has 0 bridgehead atoms. The van der Waals surface area contributed by atoms with Gasteiger partial charge in [0.05, 0.1) is 18.2 Å². The van der Waals surface area contributed by atoms with Crippen molar-refractivity contribution in [2.24, 2.45) is 0 Å². The molecule has 0 spiro atoms. The van der Waals surface area contributed by atoms with Gasteiger partial charge in [-0.3, -0.25) is 4.79 Å². The molecular formula is C22H20ClN3O3S. The second-order valence-electron chi connectivity index (χ2n) is 6.66. The molecular weight excluding hydrogens is 422 g/mol. The maximum absolute atomic E-state index is 12.8. The number of rotatable bonds is 7. The number of fused-ring (bicyclic) bond motifs is 1. The second-order valence-corrected chi connectivity index (χ2v) is 8.11. The molecule has 4 rings (SSSR count). The van der Waals surface area contributed by atoms with Crippen LogP contribution in [0.5, 0.6) is 11.5 Å². The topological polar surface area (TPSA) is 65.7 Å². The van der Waals surface area contributed by atoms with Gasteiger partial charge in [-0.05, 0) is 54.5 Å². The van der Waals surface area contributed by atoms with E-state index in [0.717, 1.165) is 24.0 Å². The Hall–Kier alpha value is -2.90. The largest absolute Gasteiger partial charge is 0.493 e. The van der Waals surface area contributed by atoms with Crippen molar-refractivity contribution in [3.05, 3.63) is 67.9 Å². The van der Waals surface area contributed by atoms with Gasteiger partial charge in [0.25, 0.3) is 5.56 Å². The molecule has 2 aromatic heterocycles. The van der Waals surface area contributed by atoms with Crippen molar-refractivity contribution in [1.82, 2.24) is 14.6 Å². The first-order valence-corrected chi connectivity index (χ1v) is 10.8. The van der Waals surface area contributed by atoms with Gasteiger partial charge in [-0.1, -0.05) is 42.3 Å². The van der Waals surface area contributed by atoms with Crippen molar-refractivity contribution >= 4 is 34.0 Å². The molecule has 30 heavy (non-hydrogen) atoms. The molecule has 2 aromatic carbocycles. The third-order valence-electron chi connectivity index (χ3n) is 4.53.